The Morgan fingerprint density at radius 1 is 1.12 bits per heavy atom. The first-order chi connectivity index (χ1) is 8.33. The lowest BCUT2D eigenvalue weighted by molar-refractivity contribution is 0.0349. The molecule has 0 spiro atoms. The van der Waals surface area contributed by atoms with Crippen molar-refractivity contribution in [2.45, 2.75) is 70.9 Å². The third kappa shape index (κ3) is 3.45. The molecule has 3 unspecified atom stereocenters. The monoisotopic (exact) mass is 238 g/mol. The molecule has 2 nitrogen and oxygen atoms in total. The molecule has 0 aromatic heterocycles. The van der Waals surface area contributed by atoms with E-state index in [0.29, 0.717) is 0 Å². The summed E-state index contributed by atoms with van der Waals surface area (Å²) >= 11 is 0. The SMILES string of the molecule is CCCNCC1CCC1N1CCCCCC1C. The van der Waals surface area contributed by atoms with Gasteiger partial charge in [0.1, 0.15) is 0 Å². The van der Waals surface area contributed by atoms with Gasteiger partial charge in [0, 0.05) is 12.1 Å². The summed E-state index contributed by atoms with van der Waals surface area (Å²) in [6.45, 7) is 8.50. The molecule has 1 aliphatic heterocycles. The average molecular weight is 238 g/mol. The smallest absolute Gasteiger partial charge is 0.0139 e. The van der Waals surface area contributed by atoms with E-state index in [0.717, 1.165) is 18.0 Å². The highest BCUT2D eigenvalue weighted by Gasteiger charge is 2.37. The molecule has 3 atom stereocenters. The van der Waals surface area contributed by atoms with Gasteiger partial charge in [0.05, 0.1) is 0 Å². The predicted octanol–water partition coefficient (Wildman–Crippen LogP) is 3.03. The van der Waals surface area contributed by atoms with Crippen molar-refractivity contribution in [3.05, 3.63) is 0 Å². The zero-order valence-corrected chi connectivity index (χ0v) is 11.8. The third-order valence-corrected chi connectivity index (χ3v) is 4.74. The molecule has 100 valence electrons. The van der Waals surface area contributed by atoms with Crippen LogP contribution in [0, 0.1) is 5.92 Å². The van der Waals surface area contributed by atoms with Crippen LogP contribution in [0.25, 0.3) is 0 Å². The van der Waals surface area contributed by atoms with Gasteiger partial charge in [0.15, 0.2) is 0 Å². The minimum Gasteiger partial charge on any atom is -0.316 e. The van der Waals surface area contributed by atoms with Crippen LogP contribution in [0.5, 0.6) is 0 Å². The number of hydrogen-bond donors (Lipinski definition) is 1. The lowest BCUT2D eigenvalue weighted by atomic mass is 9.77. The number of rotatable bonds is 5. The summed E-state index contributed by atoms with van der Waals surface area (Å²) in [5, 5.41) is 3.61. The molecule has 1 heterocycles. The molecule has 1 saturated heterocycles. The Labute approximate surface area is 107 Å². The van der Waals surface area contributed by atoms with Crippen molar-refractivity contribution in [1.82, 2.24) is 10.2 Å². The Bertz CT molecular complexity index is 217. The van der Waals surface area contributed by atoms with Crippen molar-refractivity contribution in [2.75, 3.05) is 19.6 Å². The summed E-state index contributed by atoms with van der Waals surface area (Å²) < 4.78 is 0. The van der Waals surface area contributed by atoms with E-state index in [1.54, 1.807) is 0 Å². The predicted molar refractivity (Wildman–Crippen MR) is 74.3 cm³/mol. The molecule has 0 aromatic rings. The van der Waals surface area contributed by atoms with E-state index < -0.39 is 0 Å². The Morgan fingerprint density at radius 2 is 2.00 bits per heavy atom. The van der Waals surface area contributed by atoms with Crippen LogP contribution in [0.2, 0.25) is 0 Å². The van der Waals surface area contributed by atoms with E-state index in [1.165, 1.54) is 64.6 Å². The summed E-state index contributed by atoms with van der Waals surface area (Å²) in [6.07, 6.45) is 9.90. The molecule has 17 heavy (non-hydrogen) atoms. The molecule has 0 radical (unpaired) electrons. The number of likely N-dealkylation sites (tertiary alicyclic amines) is 1. The van der Waals surface area contributed by atoms with Crippen molar-refractivity contribution in [3.8, 4) is 0 Å². The number of hydrogen-bond acceptors (Lipinski definition) is 2. The quantitative estimate of drug-likeness (QED) is 0.741. The van der Waals surface area contributed by atoms with E-state index in [1.807, 2.05) is 0 Å². The van der Waals surface area contributed by atoms with E-state index in [4.69, 9.17) is 0 Å². The van der Waals surface area contributed by atoms with Gasteiger partial charge in [0.2, 0.25) is 0 Å². The number of nitrogens with zero attached hydrogens (tertiary/aromatic N) is 1. The minimum atomic E-state index is 0.830. The lowest BCUT2D eigenvalue weighted by Crippen LogP contribution is -2.53. The van der Waals surface area contributed by atoms with Gasteiger partial charge in [-0.1, -0.05) is 19.8 Å². The first kappa shape index (κ1) is 13.4. The zero-order chi connectivity index (χ0) is 12.1. The summed E-state index contributed by atoms with van der Waals surface area (Å²) in [6, 6.07) is 1.73. The highest BCUT2D eigenvalue weighted by atomic mass is 15.2. The van der Waals surface area contributed by atoms with Crippen LogP contribution in [0.15, 0.2) is 0 Å². The van der Waals surface area contributed by atoms with Gasteiger partial charge in [-0.2, -0.15) is 0 Å². The van der Waals surface area contributed by atoms with Crippen LogP contribution >= 0.6 is 0 Å². The molecule has 2 heteroatoms. The standard InChI is InChI=1S/C15H30N2/c1-3-10-16-12-14-8-9-15(14)17-11-6-4-5-7-13(17)2/h13-16H,3-12H2,1-2H3. The molecule has 2 aliphatic rings. The summed E-state index contributed by atoms with van der Waals surface area (Å²) in [7, 11) is 0. The zero-order valence-electron chi connectivity index (χ0n) is 11.8. The number of nitrogens with one attached hydrogen (secondary N) is 1. The van der Waals surface area contributed by atoms with Crippen LogP contribution < -0.4 is 5.32 Å². The second kappa shape index (κ2) is 6.75. The van der Waals surface area contributed by atoms with Gasteiger partial charge in [-0.25, -0.2) is 0 Å². The maximum absolute atomic E-state index is 3.61. The summed E-state index contributed by atoms with van der Waals surface area (Å²) in [5.74, 6) is 0.932. The molecular weight excluding hydrogens is 208 g/mol. The highest BCUT2D eigenvalue weighted by molar-refractivity contribution is 4.92. The Hall–Kier alpha value is -0.0800. The maximum Gasteiger partial charge on any atom is 0.0139 e. The highest BCUT2D eigenvalue weighted by Crippen LogP contribution is 2.34. The van der Waals surface area contributed by atoms with Gasteiger partial charge in [-0.05, 0) is 64.6 Å². The second-order valence-electron chi connectivity index (χ2n) is 6.05. The Balaban J connectivity index is 1.79. The van der Waals surface area contributed by atoms with Crippen molar-refractivity contribution in [3.63, 3.8) is 0 Å². The molecule has 1 N–H and O–H groups in total. The lowest BCUT2D eigenvalue weighted by Gasteiger charge is -2.47. The second-order valence-corrected chi connectivity index (χ2v) is 6.05. The van der Waals surface area contributed by atoms with Crippen molar-refractivity contribution in [2.24, 2.45) is 5.92 Å². The van der Waals surface area contributed by atoms with E-state index in [9.17, 15) is 0 Å². The van der Waals surface area contributed by atoms with E-state index in [2.05, 4.69) is 24.1 Å². The van der Waals surface area contributed by atoms with Crippen LogP contribution in [0.4, 0.5) is 0 Å². The normalized spacial score (nSPS) is 35.3. The Kier molecular flexibility index (Phi) is 5.30. The van der Waals surface area contributed by atoms with Gasteiger partial charge in [-0.3, -0.25) is 4.90 Å². The van der Waals surface area contributed by atoms with Gasteiger partial charge in [-0.15, -0.1) is 0 Å². The molecule has 0 bridgehead atoms. The molecule has 0 aromatic carbocycles. The van der Waals surface area contributed by atoms with Crippen LogP contribution in [-0.2, 0) is 0 Å². The van der Waals surface area contributed by atoms with Crippen molar-refractivity contribution < 1.29 is 0 Å². The first-order valence-corrected chi connectivity index (χ1v) is 7.79. The average Bonchev–Trinajstić information content (AvgIpc) is 2.49. The fourth-order valence-electron chi connectivity index (χ4n) is 3.48. The van der Waals surface area contributed by atoms with Crippen molar-refractivity contribution >= 4 is 0 Å². The van der Waals surface area contributed by atoms with Crippen LogP contribution in [-0.4, -0.2) is 36.6 Å². The topological polar surface area (TPSA) is 15.3 Å². The molecular formula is C15H30N2. The van der Waals surface area contributed by atoms with E-state index in [-0.39, 0.29) is 0 Å². The summed E-state index contributed by atoms with van der Waals surface area (Å²) in [5.41, 5.74) is 0. The molecule has 1 saturated carbocycles. The van der Waals surface area contributed by atoms with Gasteiger partial charge in [0.25, 0.3) is 0 Å². The molecule has 2 fully saturated rings. The summed E-state index contributed by atoms with van der Waals surface area (Å²) in [4.78, 5) is 2.83. The third-order valence-electron chi connectivity index (χ3n) is 4.74. The maximum atomic E-state index is 3.61. The molecule has 2 rings (SSSR count). The molecule has 0 amide bonds. The van der Waals surface area contributed by atoms with Gasteiger partial charge < -0.3 is 5.32 Å². The van der Waals surface area contributed by atoms with E-state index >= 15 is 0 Å². The van der Waals surface area contributed by atoms with Crippen LogP contribution in [0.3, 0.4) is 0 Å². The fraction of sp³-hybridized carbons (Fsp3) is 1.00. The van der Waals surface area contributed by atoms with Gasteiger partial charge >= 0.3 is 0 Å². The Morgan fingerprint density at radius 3 is 2.71 bits per heavy atom. The molecule has 1 aliphatic carbocycles. The largest absolute Gasteiger partial charge is 0.316 e. The van der Waals surface area contributed by atoms with Crippen molar-refractivity contribution in [1.29, 1.82) is 0 Å². The first-order valence-electron chi connectivity index (χ1n) is 7.79. The van der Waals surface area contributed by atoms with Crippen LogP contribution in [0.1, 0.15) is 58.8 Å². The minimum absolute atomic E-state index is 0.830. The fourth-order valence-corrected chi connectivity index (χ4v) is 3.48.